The summed E-state index contributed by atoms with van der Waals surface area (Å²) < 4.78 is 42.6. The van der Waals surface area contributed by atoms with Crippen molar-refractivity contribution in [1.29, 1.82) is 5.26 Å². The Hall–Kier alpha value is -2.29. The zero-order valence-corrected chi connectivity index (χ0v) is 9.95. The highest BCUT2D eigenvalue weighted by atomic mass is 19.4. The molecule has 0 aliphatic heterocycles. The summed E-state index contributed by atoms with van der Waals surface area (Å²) in [7, 11) is 1.23. The number of pyridine rings is 1. The molecule has 0 spiro atoms. The van der Waals surface area contributed by atoms with Crippen molar-refractivity contribution in [3.8, 4) is 11.9 Å². The van der Waals surface area contributed by atoms with Crippen molar-refractivity contribution >= 4 is 10.9 Å². The van der Waals surface area contributed by atoms with Gasteiger partial charge in [-0.15, -0.1) is 0 Å². The Kier molecular flexibility index (Phi) is 3.30. The maximum Gasteiger partial charge on any atom is 0.393 e. The third kappa shape index (κ3) is 2.60. The van der Waals surface area contributed by atoms with E-state index in [0.717, 1.165) is 0 Å². The maximum atomic E-state index is 12.6. The van der Waals surface area contributed by atoms with Crippen LogP contribution in [0.2, 0.25) is 0 Å². The van der Waals surface area contributed by atoms with Gasteiger partial charge in [-0.2, -0.15) is 18.4 Å². The lowest BCUT2D eigenvalue weighted by molar-refractivity contribution is -0.127. The minimum Gasteiger partial charge on any atom is -0.481 e. The monoisotopic (exact) mass is 266 g/mol. The second-order valence-electron chi connectivity index (χ2n) is 3.90. The number of hydrogen-bond acceptors (Lipinski definition) is 3. The predicted octanol–water partition coefficient (Wildman–Crippen LogP) is 3.22. The fraction of sp³-hybridized carbons (Fsp3) is 0.231. The molecule has 0 amide bonds. The number of hydrogen-bond donors (Lipinski definition) is 0. The molecule has 0 bridgehead atoms. The van der Waals surface area contributed by atoms with Gasteiger partial charge in [0.2, 0.25) is 5.88 Å². The molecule has 0 atom stereocenters. The summed E-state index contributed by atoms with van der Waals surface area (Å²) in [6, 6.07) is 8.35. The molecule has 1 aromatic heterocycles. The van der Waals surface area contributed by atoms with Gasteiger partial charge in [-0.1, -0.05) is 18.2 Å². The molecule has 2 aromatic rings. The molecular formula is C13H9F3N2O. The molecule has 98 valence electrons. The average Bonchev–Trinajstić information content (AvgIpc) is 2.36. The van der Waals surface area contributed by atoms with E-state index in [2.05, 4.69) is 4.98 Å². The quantitative estimate of drug-likeness (QED) is 0.838. The van der Waals surface area contributed by atoms with Gasteiger partial charge in [0.1, 0.15) is 6.07 Å². The van der Waals surface area contributed by atoms with E-state index < -0.39 is 12.6 Å². The van der Waals surface area contributed by atoms with Gasteiger partial charge < -0.3 is 4.74 Å². The first-order chi connectivity index (χ1) is 8.96. The van der Waals surface area contributed by atoms with Crippen LogP contribution in [0.15, 0.2) is 24.3 Å². The molecule has 3 nitrogen and oxygen atoms in total. The SMILES string of the molecule is COc1nc2ccccc2c(C#N)c1CC(F)(F)F. The summed E-state index contributed by atoms with van der Waals surface area (Å²) in [5, 5.41) is 9.53. The average molecular weight is 266 g/mol. The molecule has 0 saturated heterocycles. The molecule has 1 heterocycles. The highest BCUT2D eigenvalue weighted by Crippen LogP contribution is 2.32. The van der Waals surface area contributed by atoms with Crippen LogP contribution >= 0.6 is 0 Å². The molecule has 0 saturated carbocycles. The van der Waals surface area contributed by atoms with Crippen LogP contribution in [-0.2, 0) is 6.42 Å². The van der Waals surface area contributed by atoms with Gasteiger partial charge in [-0.3, -0.25) is 0 Å². The van der Waals surface area contributed by atoms with Crippen LogP contribution in [-0.4, -0.2) is 18.3 Å². The van der Waals surface area contributed by atoms with Crippen LogP contribution in [0.5, 0.6) is 5.88 Å². The maximum absolute atomic E-state index is 12.6. The Labute approximate surface area is 107 Å². The largest absolute Gasteiger partial charge is 0.481 e. The van der Waals surface area contributed by atoms with Gasteiger partial charge in [0.05, 0.1) is 24.6 Å². The fourth-order valence-corrected chi connectivity index (χ4v) is 1.89. The first-order valence-corrected chi connectivity index (χ1v) is 5.38. The van der Waals surface area contributed by atoms with Gasteiger partial charge in [-0.05, 0) is 6.07 Å². The first-order valence-electron chi connectivity index (χ1n) is 5.38. The number of aromatic nitrogens is 1. The summed E-state index contributed by atoms with van der Waals surface area (Å²) in [5.41, 5.74) is 0.165. The van der Waals surface area contributed by atoms with Crippen molar-refractivity contribution in [3.05, 3.63) is 35.4 Å². The zero-order valence-electron chi connectivity index (χ0n) is 9.95. The Balaban J connectivity index is 2.76. The number of para-hydroxylation sites is 1. The standard InChI is InChI=1S/C13H9F3N2O/c1-19-12-9(6-13(14,15)16)10(7-17)8-4-2-3-5-11(8)18-12/h2-5H,6H2,1H3. The van der Waals surface area contributed by atoms with Crippen molar-refractivity contribution in [1.82, 2.24) is 4.98 Å². The number of ether oxygens (including phenoxy) is 1. The van der Waals surface area contributed by atoms with Gasteiger partial charge in [0.15, 0.2) is 0 Å². The molecule has 0 N–H and O–H groups in total. The molecule has 6 heteroatoms. The molecule has 1 aromatic carbocycles. The van der Waals surface area contributed by atoms with Crippen LogP contribution in [0, 0.1) is 11.3 Å². The van der Waals surface area contributed by atoms with Gasteiger partial charge in [-0.25, -0.2) is 4.98 Å². The minimum absolute atomic E-state index is 0.0419. The third-order valence-corrected chi connectivity index (χ3v) is 2.64. The number of nitriles is 1. The molecular weight excluding hydrogens is 257 g/mol. The highest BCUT2D eigenvalue weighted by Gasteiger charge is 2.32. The molecule has 0 fully saturated rings. The lowest BCUT2D eigenvalue weighted by Gasteiger charge is -2.13. The van der Waals surface area contributed by atoms with Gasteiger partial charge in [0.25, 0.3) is 0 Å². The van der Waals surface area contributed by atoms with Crippen LogP contribution in [0.25, 0.3) is 10.9 Å². The molecule has 2 rings (SSSR count). The molecule has 0 unspecified atom stereocenters. The second kappa shape index (κ2) is 4.76. The number of benzene rings is 1. The van der Waals surface area contributed by atoms with E-state index in [4.69, 9.17) is 10.00 Å². The third-order valence-electron chi connectivity index (χ3n) is 2.64. The van der Waals surface area contributed by atoms with E-state index in [0.29, 0.717) is 10.9 Å². The van der Waals surface area contributed by atoms with E-state index in [1.165, 1.54) is 7.11 Å². The Bertz CT molecular complexity index is 659. The minimum atomic E-state index is -4.43. The number of nitrogens with zero attached hydrogens (tertiary/aromatic N) is 2. The Morgan fingerprint density at radius 2 is 2.00 bits per heavy atom. The molecule has 0 aliphatic carbocycles. The normalized spacial score (nSPS) is 11.3. The van der Waals surface area contributed by atoms with E-state index in [9.17, 15) is 13.2 Å². The summed E-state index contributed by atoms with van der Waals surface area (Å²) in [5.74, 6) is -0.160. The van der Waals surface area contributed by atoms with Crippen molar-refractivity contribution in [2.45, 2.75) is 12.6 Å². The summed E-state index contributed by atoms with van der Waals surface area (Å²) in [6.45, 7) is 0. The number of methoxy groups -OCH3 is 1. The summed E-state index contributed by atoms with van der Waals surface area (Å²) >= 11 is 0. The topological polar surface area (TPSA) is 45.9 Å². The highest BCUT2D eigenvalue weighted by molar-refractivity contribution is 5.86. The van der Waals surface area contributed by atoms with Crippen molar-refractivity contribution < 1.29 is 17.9 Å². The van der Waals surface area contributed by atoms with Crippen LogP contribution < -0.4 is 4.74 Å². The van der Waals surface area contributed by atoms with Crippen molar-refractivity contribution in [2.75, 3.05) is 7.11 Å². The summed E-state index contributed by atoms with van der Waals surface area (Å²) in [4.78, 5) is 4.01. The van der Waals surface area contributed by atoms with Gasteiger partial charge >= 0.3 is 6.18 Å². The van der Waals surface area contributed by atoms with E-state index in [1.807, 2.05) is 6.07 Å². The molecule has 0 aliphatic rings. The summed E-state index contributed by atoms with van der Waals surface area (Å²) in [6.07, 6.45) is -5.67. The molecule has 19 heavy (non-hydrogen) atoms. The smallest absolute Gasteiger partial charge is 0.393 e. The fourth-order valence-electron chi connectivity index (χ4n) is 1.89. The second-order valence-corrected chi connectivity index (χ2v) is 3.90. The number of rotatable bonds is 2. The number of halogens is 3. The van der Waals surface area contributed by atoms with Crippen LogP contribution in [0.1, 0.15) is 11.1 Å². The number of fused-ring (bicyclic) bond motifs is 1. The zero-order chi connectivity index (χ0) is 14.0. The van der Waals surface area contributed by atoms with E-state index in [1.54, 1.807) is 24.3 Å². The first kappa shape index (κ1) is 13.1. The predicted molar refractivity (Wildman–Crippen MR) is 62.8 cm³/mol. The Morgan fingerprint density at radius 1 is 1.32 bits per heavy atom. The Morgan fingerprint density at radius 3 is 2.58 bits per heavy atom. The number of alkyl halides is 3. The molecule has 0 radical (unpaired) electrons. The van der Waals surface area contributed by atoms with Crippen molar-refractivity contribution in [2.24, 2.45) is 0 Å². The van der Waals surface area contributed by atoms with Crippen LogP contribution in [0.3, 0.4) is 0 Å². The van der Waals surface area contributed by atoms with Crippen molar-refractivity contribution in [3.63, 3.8) is 0 Å². The van der Waals surface area contributed by atoms with Crippen LogP contribution in [0.4, 0.5) is 13.2 Å². The van der Waals surface area contributed by atoms with Gasteiger partial charge in [0, 0.05) is 10.9 Å². The lowest BCUT2D eigenvalue weighted by atomic mass is 10.0. The van der Waals surface area contributed by atoms with E-state index in [-0.39, 0.29) is 17.0 Å². The lowest BCUT2D eigenvalue weighted by Crippen LogP contribution is -2.14. The van der Waals surface area contributed by atoms with E-state index >= 15 is 0 Å².